The van der Waals surface area contributed by atoms with Gasteiger partial charge in [0.2, 0.25) is 0 Å². The molecule has 1 rings (SSSR count). The molecule has 0 amide bonds. The van der Waals surface area contributed by atoms with Gasteiger partial charge in [0.1, 0.15) is 5.82 Å². The Morgan fingerprint density at radius 2 is 2.00 bits per heavy atom. The predicted octanol–water partition coefficient (Wildman–Crippen LogP) is 1.28. The van der Waals surface area contributed by atoms with Crippen molar-refractivity contribution >= 4 is 9.84 Å². The average molecular weight is 218 g/mol. The summed E-state index contributed by atoms with van der Waals surface area (Å²) in [7, 11) is -3.50. The van der Waals surface area contributed by atoms with E-state index in [1.807, 2.05) is 0 Å². The van der Waals surface area contributed by atoms with E-state index in [1.165, 1.54) is 19.1 Å². The molecule has 1 N–H and O–H groups in total. The van der Waals surface area contributed by atoms with Crippen molar-refractivity contribution in [2.45, 2.75) is 17.9 Å². The molecule has 1 unspecified atom stereocenters. The number of hydrogen-bond donors (Lipinski definition) is 1. The van der Waals surface area contributed by atoms with Gasteiger partial charge < -0.3 is 5.11 Å². The Kier molecular flexibility index (Phi) is 2.92. The van der Waals surface area contributed by atoms with Gasteiger partial charge >= 0.3 is 0 Å². The molecule has 0 saturated heterocycles. The highest BCUT2D eigenvalue weighted by atomic mass is 32.2. The van der Waals surface area contributed by atoms with Gasteiger partial charge in [0, 0.05) is 11.8 Å². The van der Waals surface area contributed by atoms with Crippen LogP contribution in [0.15, 0.2) is 23.1 Å². The molecule has 1 aromatic rings. The fourth-order valence-corrected chi connectivity index (χ4v) is 2.24. The number of rotatable bonds is 2. The number of hydrogen-bond acceptors (Lipinski definition) is 3. The third-order valence-corrected chi connectivity index (χ3v) is 2.99. The van der Waals surface area contributed by atoms with E-state index in [2.05, 4.69) is 0 Å². The minimum atomic E-state index is -3.50. The molecule has 1 aromatic carbocycles. The van der Waals surface area contributed by atoms with Crippen LogP contribution in [0.5, 0.6) is 0 Å². The first kappa shape index (κ1) is 11.1. The van der Waals surface area contributed by atoms with Crippen molar-refractivity contribution < 1.29 is 17.9 Å². The summed E-state index contributed by atoms with van der Waals surface area (Å²) in [6.45, 7) is 1.33. The molecule has 0 fully saturated rings. The molecule has 0 heterocycles. The molecule has 78 valence electrons. The van der Waals surface area contributed by atoms with Crippen molar-refractivity contribution in [2.75, 3.05) is 6.26 Å². The summed E-state index contributed by atoms with van der Waals surface area (Å²) in [5, 5.41) is 9.24. The van der Waals surface area contributed by atoms with Gasteiger partial charge in [-0.15, -0.1) is 0 Å². The standard InChI is InChI=1S/C9H11FO3S/c1-6(11)9-7(10)4-3-5-8(9)14(2,12)13/h3-6,11H,1-2H3. The molecule has 0 aliphatic heterocycles. The van der Waals surface area contributed by atoms with Crippen molar-refractivity contribution in [3.63, 3.8) is 0 Å². The molecule has 0 aromatic heterocycles. The molecular formula is C9H11FO3S. The molecule has 14 heavy (non-hydrogen) atoms. The normalized spacial score (nSPS) is 14.0. The van der Waals surface area contributed by atoms with Gasteiger partial charge in [0.15, 0.2) is 9.84 Å². The largest absolute Gasteiger partial charge is 0.389 e. The average Bonchev–Trinajstić information content (AvgIpc) is 2.01. The van der Waals surface area contributed by atoms with Gasteiger partial charge in [0.05, 0.1) is 11.0 Å². The minimum Gasteiger partial charge on any atom is -0.389 e. The lowest BCUT2D eigenvalue weighted by Gasteiger charge is -2.10. The zero-order chi connectivity index (χ0) is 10.9. The van der Waals surface area contributed by atoms with Crippen molar-refractivity contribution in [3.8, 4) is 0 Å². The number of halogens is 1. The highest BCUT2D eigenvalue weighted by Gasteiger charge is 2.19. The molecule has 0 bridgehead atoms. The van der Waals surface area contributed by atoms with Crippen LogP contribution >= 0.6 is 0 Å². The lowest BCUT2D eigenvalue weighted by Crippen LogP contribution is -2.07. The van der Waals surface area contributed by atoms with Gasteiger partial charge in [-0.05, 0) is 19.1 Å². The second-order valence-electron chi connectivity index (χ2n) is 3.10. The molecule has 0 aliphatic rings. The summed E-state index contributed by atoms with van der Waals surface area (Å²) < 4.78 is 35.7. The third kappa shape index (κ3) is 2.10. The van der Waals surface area contributed by atoms with Crippen LogP contribution in [-0.4, -0.2) is 19.8 Å². The van der Waals surface area contributed by atoms with Crippen LogP contribution in [0.4, 0.5) is 4.39 Å². The van der Waals surface area contributed by atoms with Gasteiger partial charge in [-0.3, -0.25) is 0 Å². The van der Waals surface area contributed by atoms with E-state index in [0.717, 1.165) is 12.3 Å². The zero-order valence-electron chi connectivity index (χ0n) is 7.86. The lowest BCUT2D eigenvalue weighted by molar-refractivity contribution is 0.190. The quantitative estimate of drug-likeness (QED) is 0.813. The predicted molar refractivity (Wildman–Crippen MR) is 50.1 cm³/mol. The Bertz CT molecular complexity index is 437. The fourth-order valence-electron chi connectivity index (χ4n) is 1.25. The monoisotopic (exact) mass is 218 g/mol. The van der Waals surface area contributed by atoms with E-state index in [9.17, 15) is 17.9 Å². The number of benzene rings is 1. The molecule has 0 saturated carbocycles. The van der Waals surface area contributed by atoms with Crippen LogP contribution in [0.3, 0.4) is 0 Å². The Balaban J connectivity index is 3.52. The van der Waals surface area contributed by atoms with E-state index >= 15 is 0 Å². The van der Waals surface area contributed by atoms with Crippen molar-refractivity contribution in [1.29, 1.82) is 0 Å². The lowest BCUT2D eigenvalue weighted by atomic mass is 10.1. The SMILES string of the molecule is CC(O)c1c(F)cccc1S(C)(=O)=O. The van der Waals surface area contributed by atoms with Gasteiger partial charge in [-0.2, -0.15) is 0 Å². The molecule has 0 radical (unpaired) electrons. The third-order valence-electron chi connectivity index (χ3n) is 1.83. The summed E-state index contributed by atoms with van der Waals surface area (Å²) >= 11 is 0. The van der Waals surface area contributed by atoms with Crippen LogP contribution in [-0.2, 0) is 9.84 Å². The topological polar surface area (TPSA) is 54.4 Å². The summed E-state index contributed by atoms with van der Waals surface area (Å²) in [6, 6.07) is 3.70. The highest BCUT2D eigenvalue weighted by Crippen LogP contribution is 2.24. The van der Waals surface area contributed by atoms with E-state index in [4.69, 9.17) is 0 Å². The zero-order valence-corrected chi connectivity index (χ0v) is 8.68. The Labute approximate surface area is 82.1 Å². The smallest absolute Gasteiger partial charge is 0.175 e. The van der Waals surface area contributed by atoms with Crippen molar-refractivity contribution in [2.24, 2.45) is 0 Å². The molecule has 5 heteroatoms. The summed E-state index contributed by atoms with van der Waals surface area (Å²) in [6.07, 6.45) is -0.158. The molecular weight excluding hydrogens is 207 g/mol. The maximum atomic E-state index is 13.2. The summed E-state index contributed by atoms with van der Waals surface area (Å²) in [5.74, 6) is -0.706. The van der Waals surface area contributed by atoms with Gasteiger partial charge in [-0.1, -0.05) is 6.07 Å². The van der Waals surface area contributed by atoms with Crippen molar-refractivity contribution in [3.05, 3.63) is 29.6 Å². The van der Waals surface area contributed by atoms with Gasteiger partial charge in [-0.25, -0.2) is 12.8 Å². The van der Waals surface area contributed by atoms with Crippen LogP contribution in [0, 0.1) is 5.82 Å². The number of aliphatic hydroxyl groups excluding tert-OH is 1. The summed E-state index contributed by atoms with van der Waals surface area (Å²) in [5.41, 5.74) is -0.171. The van der Waals surface area contributed by atoms with Crippen LogP contribution in [0.1, 0.15) is 18.6 Å². The Morgan fingerprint density at radius 3 is 2.36 bits per heavy atom. The van der Waals surface area contributed by atoms with Crippen LogP contribution in [0.25, 0.3) is 0 Å². The number of sulfone groups is 1. The highest BCUT2D eigenvalue weighted by molar-refractivity contribution is 7.90. The Morgan fingerprint density at radius 1 is 1.43 bits per heavy atom. The molecule has 1 atom stereocenters. The maximum absolute atomic E-state index is 13.2. The van der Waals surface area contributed by atoms with E-state index in [-0.39, 0.29) is 10.5 Å². The van der Waals surface area contributed by atoms with Crippen LogP contribution < -0.4 is 0 Å². The first-order chi connectivity index (χ1) is 6.34. The maximum Gasteiger partial charge on any atom is 0.175 e. The first-order valence-electron chi connectivity index (χ1n) is 4.00. The fraction of sp³-hybridized carbons (Fsp3) is 0.333. The second-order valence-corrected chi connectivity index (χ2v) is 5.08. The Hall–Kier alpha value is -0.940. The van der Waals surface area contributed by atoms with E-state index in [0.29, 0.717) is 0 Å². The van der Waals surface area contributed by atoms with Gasteiger partial charge in [0.25, 0.3) is 0 Å². The first-order valence-corrected chi connectivity index (χ1v) is 5.89. The van der Waals surface area contributed by atoms with Crippen LogP contribution in [0.2, 0.25) is 0 Å². The molecule has 3 nitrogen and oxygen atoms in total. The van der Waals surface area contributed by atoms with E-state index < -0.39 is 21.8 Å². The van der Waals surface area contributed by atoms with Crippen molar-refractivity contribution in [1.82, 2.24) is 0 Å². The number of aliphatic hydroxyl groups is 1. The van der Waals surface area contributed by atoms with E-state index in [1.54, 1.807) is 0 Å². The minimum absolute atomic E-state index is 0.160. The second kappa shape index (κ2) is 3.67. The molecule has 0 aliphatic carbocycles. The summed E-state index contributed by atoms with van der Waals surface area (Å²) in [4.78, 5) is -0.160. The molecule has 0 spiro atoms.